The molecule has 4 N–H and O–H groups in total. The van der Waals surface area contributed by atoms with E-state index in [0.29, 0.717) is 12.4 Å². The molecule has 8 heteroatoms. The summed E-state index contributed by atoms with van der Waals surface area (Å²) < 4.78 is 5.34. The standard InChI is InChI=1S/C12H19N5O3/c1-12(2-4-20-5-3-12)8-14-10-6-9(17(18)19)7-11(15-10)16-13/h6-7H,2-5,8,13H2,1H3,(H2,14,15,16). The van der Waals surface area contributed by atoms with Gasteiger partial charge >= 0.3 is 0 Å². The van der Waals surface area contributed by atoms with Crippen LogP contribution in [0.3, 0.4) is 0 Å². The Hall–Kier alpha value is -1.93. The Morgan fingerprint density at radius 1 is 1.45 bits per heavy atom. The molecule has 2 rings (SSSR count). The normalized spacial score (nSPS) is 17.5. The van der Waals surface area contributed by atoms with E-state index in [1.165, 1.54) is 12.1 Å². The Morgan fingerprint density at radius 3 is 2.70 bits per heavy atom. The largest absolute Gasteiger partial charge is 0.381 e. The van der Waals surface area contributed by atoms with Gasteiger partial charge in [0.05, 0.1) is 17.1 Å². The van der Waals surface area contributed by atoms with Crippen LogP contribution in [0.4, 0.5) is 17.3 Å². The van der Waals surface area contributed by atoms with Crippen LogP contribution in [0.15, 0.2) is 12.1 Å². The highest BCUT2D eigenvalue weighted by molar-refractivity contribution is 5.54. The first-order valence-corrected chi connectivity index (χ1v) is 6.47. The van der Waals surface area contributed by atoms with Crippen LogP contribution in [-0.2, 0) is 4.74 Å². The van der Waals surface area contributed by atoms with E-state index in [-0.39, 0.29) is 16.9 Å². The summed E-state index contributed by atoms with van der Waals surface area (Å²) in [6.45, 7) is 4.35. The first-order valence-electron chi connectivity index (χ1n) is 6.47. The smallest absolute Gasteiger partial charge is 0.276 e. The highest BCUT2D eigenvalue weighted by Crippen LogP contribution is 2.30. The Morgan fingerprint density at radius 2 is 2.10 bits per heavy atom. The fraction of sp³-hybridized carbons (Fsp3) is 0.583. The minimum absolute atomic E-state index is 0.0485. The van der Waals surface area contributed by atoms with Crippen molar-refractivity contribution in [2.45, 2.75) is 19.8 Å². The molecule has 1 aliphatic rings. The van der Waals surface area contributed by atoms with Gasteiger partial charge in [-0.3, -0.25) is 10.1 Å². The van der Waals surface area contributed by atoms with Gasteiger partial charge in [0.2, 0.25) is 0 Å². The molecule has 1 saturated heterocycles. The number of hydrogen-bond donors (Lipinski definition) is 3. The number of nitro groups is 1. The molecule has 8 nitrogen and oxygen atoms in total. The molecule has 0 aliphatic carbocycles. The lowest BCUT2D eigenvalue weighted by Gasteiger charge is -2.33. The third-order valence-electron chi connectivity index (χ3n) is 3.56. The molecule has 1 aliphatic heterocycles. The van der Waals surface area contributed by atoms with E-state index >= 15 is 0 Å². The Labute approximate surface area is 116 Å². The monoisotopic (exact) mass is 281 g/mol. The molecule has 1 aromatic heterocycles. The van der Waals surface area contributed by atoms with Crippen molar-refractivity contribution in [1.82, 2.24) is 4.98 Å². The van der Waals surface area contributed by atoms with Crippen LogP contribution in [0, 0.1) is 15.5 Å². The van der Waals surface area contributed by atoms with Crippen molar-refractivity contribution < 1.29 is 9.66 Å². The summed E-state index contributed by atoms with van der Waals surface area (Å²) in [4.78, 5) is 14.6. The van der Waals surface area contributed by atoms with Gasteiger partial charge in [-0.15, -0.1) is 0 Å². The van der Waals surface area contributed by atoms with Gasteiger partial charge in [-0.25, -0.2) is 10.8 Å². The van der Waals surface area contributed by atoms with Gasteiger partial charge in [0, 0.05) is 19.8 Å². The number of pyridine rings is 1. The molecule has 0 radical (unpaired) electrons. The first-order chi connectivity index (χ1) is 9.52. The minimum atomic E-state index is -0.468. The number of aromatic nitrogens is 1. The Bertz CT molecular complexity index is 488. The zero-order chi connectivity index (χ0) is 14.6. The molecule has 0 aromatic carbocycles. The van der Waals surface area contributed by atoms with Crippen LogP contribution >= 0.6 is 0 Å². The predicted octanol–water partition coefficient (Wildman–Crippen LogP) is 1.50. The molecule has 20 heavy (non-hydrogen) atoms. The quantitative estimate of drug-likeness (QED) is 0.425. The van der Waals surface area contributed by atoms with Crippen LogP contribution in [0.25, 0.3) is 0 Å². The van der Waals surface area contributed by atoms with Gasteiger partial charge < -0.3 is 15.5 Å². The summed E-state index contributed by atoms with van der Waals surface area (Å²) >= 11 is 0. The highest BCUT2D eigenvalue weighted by Gasteiger charge is 2.27. The zero-order valence-electron chi connectivity index (χ0n) is 11.4. The summed E-state index contributed by atoms with van der Waals surface area (Å²) in [5.74, 6) is 5.98. The van der Waals surface area contributed by atoms with Crippen molar-refractivity contribution in [3.05, 3.63) is 22.2 Å². The van der Waals surface area contributed by atoms with E-state index in [1.807, 2.05) is 0 Å². The number of nitrogens with two attached hydrogens (primary N) is 1. The van der Waals surface area contributed by atoms with Gasteiger partial charge in [-0.05, 0) is 18.3 Å². The zero-order valence-corrected chi connectivity index (χ0v) is 11.4. The molecule has 1 fully saturated rings. The number of ether oxygens (including phenoxy) is 1. The van der Waals surface area contributed by atoms with Gasteiger partial charge in [0.25, 0.3) is 5.69 Å². The second-order valence-corrected chi connectivity index (χ2v) is 5.27. The summed E-state index contributed by atoms with van der Waals surface area (Å²) in [6, 6.07) is 2.70. The molecule has 0 bridgehead atoms. The van der Waals surface area contributed by atoms with E-state index < -0.39 is 4.92 Å². The predicted molar refractivity (Wildman–Crippen MR) is 75.4 cm³/mol. The third-order valence-corrected chi connectivity index (χ3v) is 3.56. The van der Waals surface area contributed by atoms with Crippen LogP contribution in [0.1, 0.15) is 19.8 Å². The highest BCUT2D eigenvalue weighted by atomic mass is 16.6. The van der Waals surface area contributed by atoms with Crippen molar-refractivity contribution in [3.8, 4) is 0 Å². The van der Waals surface area contributed by atoms with Crippen molar-refractivity contribution in [1.29, 1.82) is 0 Å². The molecule has 1 aromatic rings. The fourth-order valence-electron chi connectivity index (χ4n) is 2.13. The number of hydrazine groups is 1. The van der Waals surface area contributed by atoms with Gasteiger partial charge in [-0.2, -0.15) is 0 Å². The van der Waals surface area contributed by atoms with E-state index in [4.69, 9.17) is 10.6 Å². The van der Waals surface area contributed by atoms with Crippen LogP contribution in [-0.4, -0.2) is 29.7 Å². The molecule has 2 heterocycles. The Kier molecular flexibility index (Phi) is 4.35. The van der Waals surface area contributed by atoms with Crippen molar-refractivity contribution in [3.63, 3.8) is 0 Å². The molecule has 0 spiro atoms. The maximum Gasteiger partial charge on any atom is 0.276 e. The van der Waals surface area contributed by atoms with Gasteiger partial charge in [0.15, 0.2) is 0 Å². The Balaban J connectivity index is 2.08. The molecule has 0 saturated carbocycles. The van der Waals surface area contributed by atoms with Crippen molar-refractivity contribution in [2.24, 2.45) is 11.3 Å². The summed E-state index contributed by atoms with van der Waals surface area (Å²) in [5, 5.41) is 14.0. The van der Waals surface area contributed by atoms with Crippen LogP contribution in [0.5, 0.6) is 0 Å². The lowest BCUT2D eigenvalue weighted by atomic mass is 9.82. The van der Waals surface area contributed by atoms with E-state index in [2.05, 4.69) is 22.7 Å². The van der Waals surface area contributed by atoms with Crippen LogP contribution in [0.2, 0.25) is 0 Å². The average molecular weight is 281 g/mol. The average Bonchev–Trinajstić information content (AvgIpc) is 2.45. The number of rotatable bonds is 5. The number of anilines is 2. The second kappa shape index (κ2) is 6.02. The van der Waals surface area contributed by atoms with Crippen LogP contribution < -0.4 is 16.6 Å². The summed E-state index contributed by atoms with van der Waals surface area (Å²) in [6.07, 6.45) is 1.91. The van der Waals surface area contributed by atoms with E-state index in [1.54, 1.807) is 0 Å². The lowest BCUT2D eigenvalue weighted by molar-refractivity contribution is -0.384. The number of nitrogen functional groups attached to an aromatic ring is 1. The minimum Gasteiger partial charge on any atom is -0.381 e. The maximum absolute atomic E-state index is 10.9. The summed E-state index contributed by atoms with van der Waals surface area (Å²) in [7, 11) is 0. The number of nitrogens with zero attached hydrogens (tertiary/aromatic N) is 2. The molecule has 0 amide bonds. The number of hydrogen-bond acceptors (Lipinski definition) is 7. The van der Waals surface area contributed by atoms with Gasteiger partial charge in [0.1, 0.15) is 11.6 Å². The van der Waals surface area contributed by atoms with Crippen molar-refractivity contribution in [2.75, 3.05) is 30.5 Å². The van der Waals surface area contributed by atoms with E-state index in [0.717, 1.165) is 26.1 Å². The molecule has 110 valence electrons. The number of nitrogens with one attached hydrogen (secondary N) is 2. The summed E-state index contributed by atoms with van der Waals surface area (Å²) in [5.41, 5.74) is 2.40. The molecule has 0 unspecified atom stereocenters. The second-order valence-electron chi connectivity index (χ2n) is 5.27. The lowest BCUT2D eigenvalue weighted by Crippen LogP contribution is -2.33. The molecular weight excluding hydrogens is 262 g/mol. The SMILES string of the molecule is CC1(CNc2cc([N+](=O)[O-])cc(NN)n2)CCOCC1. The topological polar surface area (TPSA) is 115 Å². The molecular formula is C12H19N5O3. The third kappa shape index (κ3) is 3.55. The molecule has 0 atom stereocenters. The van der Waals surface area contributed by atoms with Crippen molar-refractivity contribution >= 4 is 17.3 Å². The maximum atomic E-state index is 10.9. The fourth-order valence-corrected chi connectivity index (χ4v) is 2.13. The van der Waals surface area contributed by atoms with Gasteiger partial charge in [-0.1, -0.05) is 6.92 Å². The van der Waals surface area contributed by atoms with E-state index in [9.17, 15) is 10.1 Å². The first kappa shape index (κ1) is 14.5.